The summed E-state index contributed by atoms with van der Waals surface area (Å²) in [6, 6.07) is 5.45. The molecule has 0 bridgehead atoms. The summed E-state index contributed by atoms with van der Waals surface area (Å²) >= 11 is 0. The Morgan fingerprint density at radius 2 is 1.95 bits per heavy atom. The molecule has 1 heterocycles. The van der Waals surface area contributed by atoms with Crippen molar-refractivity contribution in [3.63, 3.8) is 0 Å². The SMILES string of the molecule is CCC(N)Cc1c(F)cccc1N1CC(C)CC(C)C1. The summed E-state index contributed by atoms with van der Waals surface area (Å²) in [5, 5.41) is 0. The quantitative estimate of drug-likeness (QED) is 0.912. The van der Waals surface area contributed by atoms with E-state index in [1.165, 1.54) is 6.42 Å². The van der Waals surface area contributed by atoms with Crippen molar-refractivity contribution in [1.82, 2.24) is 0 Å². The topological polar surface area (TPSA) is 29.3 Å². The first-order valence-electron chi connectivity index (χ1n) is 7.79. The van der Waals surface area contributed by atoms with Crippen LogP contribution in [0.5, 0.6) is 0 Å². The highest BCUT2D eigenvalue weighted by molar-refractivity contribution is 5.55. The number of hydrogen-bond acceptors (Lipinski definition) is 2. The standard InChI is InChI=1S/C17H27FN2/c1-4-14(19)9-15-16(18)6-5-7-17(15)20-10-12(2)8-13(3)11-20/h5-7,12-14H,4,8-11,19H2,1-3H3. The Labute approximate surface area is 122 Å². The van der Waals surface area contributed by atoms with Gasteiger partial charge in [0.1, 0.15) is 5.82 Å². The molecule has 0 radical (unpaired) electrons. The van der Waals surface area contributed by atoms with Gasteiger partial charge in [-0.3, -0.25) is 0 Å². The minimum absolute atomic E-state index is 0.0327. The van der Waals surface area contributed by atoms with E-state index < -0.39 is 0 Å². The molecule has 1 aromatic rings. The van der Waals surface area contributed by atoms with Crippen LogP contribution in [0.3, 0.4) is 0 Å². The predicted octanol–water partition coefficient (Wildman–Crippen LogP) is 3.59. The third-order valence-corrected chi connectivity index (χ3v) is 4.29. The number of halogens is 1. The predicted molar refractivity (Wildman–Crippen MR) is 83.5 cm³/mol. The third kappa shape index (κ3) is 3.51. The van der Waals surface area contributed by atoms with Gasteiger partial charge in [0.25, 0.3) is 0 Å². The second-order valence-electron chi connectivity index (χ2n) is 6.46. The van der Waals surface area contributed by atoms with Crippen molar-refractivity contribution in [1.29, 1.82) is 0 Å². The molecule has 3 heteroatoms. The van der Waals surface area contributed by atoms with Crippen molar-refractivity contribution in [2.45, 2.75) is 46.1 Å². The maximum Gasteiger partial charge on any atom is 0.128 e. The van der Waals surface area contributed by atoms with Gasteiger partial charge in [-0.25, -0.2) is 4.39 Å². The maximum absolute atomic E-state index is 14.2. The van der Waals surface area contributed by atoms with Gasteiger partial charge in [-0.1, -0.05) is 26.8 Å². The molecule has 1 aliphatic rings. The molecule has 1 fully saturated rings. The molecular formula is C17H27FN2. The molecule has 112 valence electrons. The fourth-order valence-electron chi connectivity index (χ4n) is 3.31. The van der Waals surface area contributed by atoms with Gasteiger partial charge >= 0.3 is 0 Å². The normalized spacial score (nSPS) is 24.8. The molecule has 1 aliphatic heterocycles. The minimum atomic E-state index is -0.114. The van der Waals surface area contributed by atoms with Gasteiger partial charge in [0.2, 0.25) is 0 Å². The Morgan fingerprint density at radius 1 is 1.30 bits per heavy atom. The first kappa shape index (κ1) is 15.3. The summed E-state index contributed by atoms with van der Waals surface area (Å²) in [5.41, 5.74) is 7.88. The molecule has 1 aromatic carbocycles. The molecule has 2 N–H and O–H groups in total. The highest BCUT2D eigenvalue weighted by Gasteiger charge is 2.24. The van der Waals surface area contributed by atoms with Gasteiger partial charge in [-0.05, 0) is 43.2 Å². The maximum atomic E-state index is 14.2. The van der Waals surface area contributed by atoms with E-state index in [9.17, 15) is 4.39 Å². The summed E-state index contributed by atoms with van der Waals surface area (Å²) < 4.78 is 14.2. The lowest BCUT2D eigenvalue weighted by Crippen LogP contribution is -2.39. The number of anilines is 1. The van der Waals surface area contributed by atoms with Crippen molar-refractivity contribution in [3.05, 3.63) is 29.6 Å². The minimum Gasteiger partial charge on any atom is -0.371 e. The average Bonchev–Trinajstić information content (AvgIpc) is 2.39. The zero-order valence-corrected chi connectivity index (χ0v) is 12.9. The zero-order chi connectivity index (χ0) is 14.7. The second-order valence-corrected chi connectivity index (χ2v) is 6.46. The number of rotatable bonds is 4. The van der Waals surface area contributed by atoms with Gasteiger partial charge < -0.3 is 10.6 Å². The van der Waals surface area contributed by atoms with E-state index >= 15 is 0 Å². The van der Waals surface area contributed by atoms with E-state index in [2.05, 4.69) is 25.7 Å². The first-order valence-corrected chi connectivity index (χ1v) is 7.79. The van der Waals surface area contributed by atoms with Gasteiger partial charge in [0.15, 0.2) is 0 Å². The Bertz CT molecular complexity index is 437. The van der Waals surface area contributed by atoms with E-state index in [0.717, 1.165) is 30.8 Å². The van der Waals surface area contributed by atoms with Gasteiger partial charge in [-0.2, -0.15) is 0 Å². The van der Waals surface area contributed by atoms with E-state index in [1.54, 1.807) is 6.07 Å². The van der Waals surface area contributed by atoms with Gasteiger partial charge in [-0.15, -0.1) is 0 Å². The van der Waals surface area contributed by atoms with Crippen molar-refractivity contribution in [2.24, 2.45) is 17.6 Å². The molecule has 0 spiro atoms. The number of nitrogens with two attached hydrogens (primary N) is 1. The van der Waals surface area contributed by atoms with Crippen LogP contribution < -0.4 is 10.6 Å². The van der Waals surface area contributed by atoms with Crippen LogP contribution in [0.2, 0.25) is 0 Å². The van der Waals surface area contributed by atoms with Crippen LogP contribution in [0.15, 0.2) is 18.2 Å². The smallest absolute Gasteiger partial charge is 0.128 e. The fourth-order valence-corrected chi connectivity index (χ4v) is 3.31. The van der Waals surface area contributed by atoms with Crippen molar-refractivity contribution in [3.8, 4) is 0 Å². The monoisotopic (exact) mass is 278 g/mol. The molecule has 1 saturated heterocycles. The largest absolute Gasteiger partial charge is 0.371 e. The first-order chi connectivity index (χ1) is 9.51. The number of benzene rings is 1. The average molecular weight is 278 g/mol. The summed E-state index contributed by atoms with van der Waals surface area (Å²) in [4.78, 5) is 2.35. The number of nitrogens with zero attached hydrogens (tertiary/aromatic N) is 1. The Hall–Kier alpha value is -1.09. The van der Waals surface area contributed by atoms with Crippen LogP contribution in [0.1, 0.15) is 39.2 Å². The number of piperidine rings is 1. The highest BCUT2D eigenvalue weighted by Crippen LogP contribution is 2.30. The molecule has 2 rings (SSSR count). The van der Waals surface area contributed by atoms with Crippen molar-refractivity contribution >= 4 is 5.69 Å². The Morgan fingerprint density at radius 3 is 2.55 bits per heavy atom. The van der Waals surface area contributed by atoms with Crippen molar-refractivity contribution in [2.75, 3.05) is 18.0 Å². The van der Waals surface area contributed by atoms with Gasteiger partial charge in [0, 0.05) is 30.4 Å². The summed E-state index contributed by atoms with van der Waals surface area (Å²) in [7, 11) is 0. The van der Waals surface area contributed by atoms with E-state index in [4.69, 9.17) is 5.73 Å². The van der Waals surface area contributed by atoms with E-state index in [1.807, 2.05) is 12.1 Å². The molecule has 0 aromatic heterocycles. The van der Waals surface area contributed by atoms with E-state index in [0.29, 0.717) is 18.3 Å². The molecule has 0 saturated carbocycles. The van der Waals surface area contributed by atoms with Crippen LogP contribution in [0, 0.1) is 17.7 Å². The summed E-state index contributed by atoms with van der Waals surface area (Å²) in [6.45, 7) is 8.64. The van der Waals surface area contributed by atoms with E-state index in [-0.39, 0.29) is 11.9 Å². The fraction of sp³-hybridized carbons (Fsp3) is 0.647. The Kier molecular flexibility index (Phi) is 5.03. The van der Waals surface area contributed by atoms with Crippen molar-refractivity contribution < 1.29 is 4.39 Å². The summed E-state index contributed by atoms with van der Waals surface area (Å²) in [6.07, 6.45) is 2.76. The molecular weight excluding hydrogens is 251 g/mol. The van der Waals surface area contributed by atoms with Crippen LogP contribution in [0.4, 0.5) is 10.1 Å². The molecule has 20 heavy (non-hydrogen) atoms. The Balaban J connectivity index is 2.28. The molecule has 0 aliphatic carbocycles. The van der Waals surface area contributed by atoms with Crippen LogP contribution in [-0.4, -0.2) is 19.1 Å². The highest BCUT2D eigenvalue weighted by atomic mass is 19.1. The summed E-state index contributed by atoms with van der Waals surface area (Å²) in [5.74, 6) is 1.21. The molecule has 0 amide bonds. The number of hydrogen-bond donors (Lipinski definition) is 1. The molecule has 3 atom stereocenters. The van der Waals surface area contributed by atoms with Crippen LogP contribution >= 0.6 is 0 Å². The lowest BCUT2D eigenvalue weighted by Gasteiger charge is -2.38. The van der Waals surface area contributed by atoms with Crippen LogP contribution in [-0.2, 0) is 6.42 Å². The van der Waals surface area contributed by atoms with Crippen LogP contribution in [0.25, 0.3) is 0 Å². The lowest BCUT2D eigenvalue weighted by atomic mass is 9.90. The third-order valence-electron chi connectivity index (χ3n) is 4.29. The zero-order valence-electron chi connectivity index (χ0n) is 12.9. The molecule has 2 nitrogen and oxygen atoms in total. The second kappa shape index (κ2) is 6.57. The lowest BCUT2D eigenvalue weighted by molar-refractivity contribution is 0.356. The van der Waals surface area contributed by atoms with Gasteiger partial charge in [0.05, 0.1) is 0 Å². The molecule has 3 unspecified atom stereocenters.